The first-order valence-corrected chi connectivity index (χ1v) is 5.56. The van der Waals surface area contributed by atoms with Gasteiger partial charge in [-0.1, -0.05) is 12.1 Å². The number of methoxy groups -OCH3 is 1. The fourth-order valence-electron chi connectivity index (χ4n) is 1.64. The lowest BCUT2D eigenvalue weighted by atomic mass is 10.1. The Morgan fingerprint density at radius 2 is 1.84 bits per heavy atom. The Kier molecular flexibility index (Phi) is 3.75. The van der Waals surface area contributed by atoms with E-state index in [4.69, 9.17) is 10.1 Å². The number of hydrogen-bond donors (Lipinski definition) is 2. The molecule has 0 unspecified atom stereocenters. The van der Waals surface area contributed by atoms with Crippen molar-refractivity contribution in [1.29, 1.82) is 5.41 Å². The maximum absolute atomic E-state index is 13.1. The van der Waals surface area contributed by atoms with Gasteiger partial charge in [0.05, 0.1) is 12.7 Å². The Morgan fingerprint density at radius 3 is 2.53 bits per heavy atom. The average molecular weight is 262 g/mol. The van der Waals surface area contributed by atoms with E-state index in [1.165, 1.54) is 13.2 Å². The van der Waals surface area contributed by atoms with E-state index in [0.29, 0.717) is 17.0 Å². The molecule has 0 aliphatic carbocycles. The van der Waals surface area contributed by atoms with E-state index in [1.54, 1.807) is 24.3 Å². The van der Waals surface area contributed by atoms with Crippen molar-refractivity contribution in [1.82, 2.24) is 0 Å². The summed E-state index contributed by atoms with van der Waals surface area (Å²) in [4.78, 5) is 0. The molecule has 0 aliphatic heterocycles. The van der Waals surface area contributed by atoms with Crippen LogP contribution in [0.25, 0.3) is 0 Å². The van der Waals surface area contributed by atoms with Gasteiger partial charge in [-0.3, -0.25) is 5.41 Å². The molecule has 0 radical (unpaired) electrons. The minimum atomic E-state index is -0.960. The van der Waals surface area contributed by atoms with Crippen LogP contribution in [0.3, 0.4) is 0 Å². The van der Waals surface area contributed by atoms with E-state index in [0.717, 1.165) is 12.1 Å². The van der Waals surface area contributed by atoms with Gasteiger partial charge in [0.25, 0.3) is 0 Å². The van der Waals surface area contributed by atoms with Crippen LogP contribution in [0.5, 0.6) is 5.75 Å². The van der Waals surface area contributed by atoms with Gasteiger partial charge in [-0.2, -0.15) is 0 Å². The predicted molar refractivity (Wildman–Crippen MR) is 69.8 cm³/mol. The summed E-state index contributed by atoms with van der Waals surface area (Å²) in [6.07, 6.45) is 0. The fourth-order valence-corrected chi connectivity index (χ4v) is 1.64. The Balaban J connectivity index is 2.23. The minimum Gasteiger partial charge on any atom is -0.496 e. The molecule has 0 bridgehead atoms. The summed E-state index contributed by atoms with van der Waals surface area (Å²) < 4.78 is 31.0. The van der Waals surface area contributed by atoms with Crippen LogP contribution in [0.1, 0.15) is 5.56 Å². The Morgan fingerprint density at radius 1 is 1.11 bits per heavy atom. The van der Waals surface area contributed by atoms with E-state index in [-0.39, 0.29) is 5.84 Å². The van der Waals surface area contributed by atoms with Crippen molar-refractivity contribution in [2.24, 2.45) is 0 Å². The largest absolute Gasteiger partial charge is 0.496 e. The highest BCUT2D eigenvalue weighted by atomic mass is 19.2. The highest BCUT2D eigenvalue weighted by molar-refractivity contribution is 6.07. The summed E-state index contributed by atoms with van der Waals surface area (Å²) in [5.41, 5.74) is 0.838. The van der Waals surface area contributed by atoms with Gasteiger partial charge in [-0.25, -0.2) is 8.78 Å². The molecule has 2 aromatic rings. The second-order valence-corrected chi connectivity index (χ2v) is 3.83. The Labute approximate surface area is 109 Å². The van der Waals surface area contributed by atoms with Crippen molar-refractivity contribution in [3.8, 4) is 5.75 Å². The van der Waals surface area contributed by atoms with Crippen LogP contribution in [0.4, 0.5) is 14.5 Å². The molecule has 2 aromatic carbocycles. The lowest BCUT2D eigenvalue weighted by Gasteiger charge is -2.11. The summed E-state index contributed by atoms with van der Waals surface area (Å²) in [7, 11) is 1.50. The summed E-state index contributed by atoms with van der Waals surface area (Å²) in [6, 6.07) is 10.3. The van der Waals surface area contributed by atoms with Crippen LogP contribution in [0.15, 0.2) is 42.5 Å². The summed E-state index contributed by atoms with van der Waals surface area (Å²) in [6.45, 7) is 0. The van der Waals surface area contributed by atoms with E-state index in [1.807, 2.05) is 0 Å². The van der Waals surface area contributed by atoms with Crippen LogP contribution in [-0.2, 0) is 0 Å². The number of amidine groups is 1. The van der Waals surface area contributed by atoms with Crippen LogP contribution in [0.2, 0.25) is 0 Å². The highest BCUT2D eigenvalue weighted by Gasteiger charge is 2.09. The molecule has 0 spiro atoms. The number of rotatable bonds is 3. The second-order valence-electron chi connectivity index (χ2n) is 3.83. The summed E-state index contributed by atoms with van der Waals surface area (Å²) in [5.74, 6) is -1.31. The van der Waals surface area contributed by atoms with Crippen LogP contribution in [0, 0.1) is 17.0 Å². The molecule has 3 nitrogen and oxygen atoms in total. The number of benzene rings is 2. The van der Waals surface area contributed by atoms with Gasteiger partial charge in [0.15, 0.2) is 11.6 Å². The SMILES string of the molecule is COc1ccccc1C(=N)Nc1ccc(F)c(F)c1. The number of para-hydroxylation sites is 1. The summed E-state index contributed by atoms with van der Waals surface area (Å²) >= 11 is 0. The van der Waals surface area contributed by atoms with E-state index >= 15 is 0 Å². The predicted octanol–water partition coefficient (Wildman–Crippen LogP) is 3.41. The monoisotopic (exact) mass is 262 g/mol. The zero-order valence-corrected chi connectivity index (χ0v) is 10.2. The molecular weight excluding hydrogens is 250 g/mol. The van der Waals surface area contributed by atoms with Gasteiger partial charge in [0.1, 0.15) is 11.6 Å². The molecule has 0 aromatic heterocycles. The van der Waals surface area contributed by atoms with E-state index < -0.39 is 11.6 Å². The zero-order chi connectivity index (χ0) is 13.8. The van der Waals surface area contributed by atoms with Crippen molar-refractivity contribution in [3.63, 3.8) is 0 Å². The summed E-state index contributed by atoms with van der Waals surface area (Å²) in [5, 5.41) is 10.6. The third kappa shape index (κ3) is 2.88. The molecule has 0 atom stereocenters. The molecule has 98 valence electrons. The lowest BCUT2D eigenvalue weighted by Crippen LogP contribution is -2.13. The maximum Gasteiger partial charge on any atom is 0.160 e. The van der Waals surface area contributed by atoms with Crippen molar-refractivity contribution in [2.45, 2.75) is 0 Å². The van der Waals surface area contributed by atoms with Crippen molar-refractivity contribution in [3.05, 3.63) is 59.7 Å². The molecule has 2 rings (SSSR count). The molecule has 5 heteroatoms. The van der Waals surface area contributed by atoms with Gasteiger partial charge in [0.2, 0.25) is 0 Å². The molecule has 2 N–H and O–H groups in total. The van der Waals surface area contributed by atoms with Gasteiger partial charge < -0.3 is 10.1 Å². The number of anilines is 1. The normalized spacial score (nSPS) is 10.1. The highest BCUT2D eigenvalue weighted by Crippen LogP contribution is 2.20. The third-order valence-corrected chi connectivity index (χ3v) is 2.57. The average Bonchev–Trinajstić information content (AvgIpc) is 2.43. The van der Waals surface area contributed by atoms with Crippen LogP contribution >= 0.6 is 0 Å². The quantitative estimate of drug-likeness (QED) is 0.657. The van der Waals surface area contributed by atoms with Crippen LogP contribution in [-0.4, -0.2) is 12.9 Å². The molecule has 0 aliphatic rings. The molecule has 0 saturated heterocycles. The minimum absolute atomic E-state index is 0.0449. The van der Waals surface area contributed by atoms with E-state index in [2.05, 4.69) is 5.32 Å². The first kappa shape index (κ1) is 13.0. The van der Waals surface area contributed by atoms with Gasteiger partial charge >= 0.3 is 0 Å². The molecule has 0 saturated carbocycles. The standard InChI is InChI=1S/C14H12F2N2O/c1-19-13-5-3-2-4-10(13)14(17)18-9-6-7-11(15)12(16)8-9/h2-8H,1H3,(H2,17,18). The van der Waals surface area contributed by atoms with Crippen molar-refractivity contribution >= 4 is 11.5 Å². The van der Waals surface area contributed by atoms with Gasteiger partial charge in [-0.05, 0) is 24.3 Å². The van der Waals surface area contributed by atoms with Crippen molar-refractivity contribution < 1.29 is 13.5 Å². The number of ether oxygens (including phenoxy) is 1. The number of hydrogen-bond acceptors (Lipinski definition) is 2. The molecule has 0 fully saturated rings. The smallest absolute Gasteiger partial charge is 0.160 e. The topological polar surface area (TPSA) is 45.1 Å². The van der Waals surface area contributed by atoms with E-state index in [9.17, 15) is 8.78 Å². The lowest BCUT2D eigenvalue weighted by molar-refractivity contribution is 0.414. The molecule has 0 heterocycles. The second kappa shape index (κ2) is 5.48. The fraction of sp³-hybridized carbons (Fsp3) is 0.0714. The van der Waals surface area contributed by atoms with Gasteiger partial charge in [0, 0.05) is 11.8 Å². The number of nitrogens with one attached hydrogen (secondary N) is 2. The molecule has 19 heavy (non-hydrogen) atoms. The maximum atomic E-state index is 13.1. The first-order valence-electron chi connectivity index (χ1n) is 5.56. The first-order chi connectivity index (χ1) is 9.11. The number of halogens is 2. The van der Waals surface area contributed by atoms with Gasteiger partial charge in [-0.15, -0.1) is 0 Å². The Hall–Kier alpha value is -2.43. The molecule has 0 amide bonds. The molecular formula is C14H12F2N2O. The van der Waals surface area contributed by atoms with Crippen LogP contribution < -0.4 is 10.1 Å². The zero-order valence-electron chi connectivity index (χ0n) is 10.2. The third-order valence-electron chi connectivity index (χ3n) is 2.57. The Bertz CT molecular complexity index is 614. The van der Waals surface area contributed by atoms with Crippen molar-refractivity contribution in [2.75, 3.05) is 12.4 Å².